The van der Waals surface area contributed by atoms with Gasteiger partial charge in [-0.25, -0.2) is 0 Å². The first-order valence-electron chi connectivity index (χ1n) is 4.67. The quantitative estimate of drug-likeness (QED) is 0.483. The number of ether oxygens (including phenoxy) is 1. The van der Waals surface area contributed by atoms with Crippen molar-refractivity contribution in [1.29, 1.82) is 0 Å². The highest BCUT2D eigenvalue weighted by Gasteiger charge is 2.35. The fourth-order valence-electron chi connectivity index (χ4n) is 0.950. The molecule has 1 unspecified atom stereocenters. The van der Waals surface area contributed by atoms with Crippen molar-refractivity contribution in [3.8, 4) is 0 Å². The van der Waals surface area contributed by atoms with Crippen LogP contribution >= 0.6 is 19.4 Å². The fraction of sp³-hybridized carbons (Fsp3) is 1.00. The topological polar surface area (TPSA) is 44.8 Å². The molecule has 0 aromatic heterocycles. The van der Waals surface area contributed by atoms with Crippen molar-refractivity contribution in [3.63, 3.8) is 0 Å². The third kappa shape index (κ3) is 4.32. The SMILES string of the molecule is CCOP(=O)(OCC)C(OC)SCC. The molecular weight excluding hydrogens is 223 g/mol. The van der Waals surface area contributed by atoms with Gasteiger partial charge in [0.2, 0.25) is 5.18 Å². The van der Waals surface area contributed by atoms with Crippen molar-refractivity contribution in [3.05, 3.63) is 0 Å². The Balaban J connectivity index is 4.48. The molecule has 0 radical (unpaired) electrons. The maximum Gasteiger partial charge on any atom is 0.369 e. The minimum absolute atomic E-state index is 0.363. The van der Waals surface area contributed by atoms with E-state index in [0.717, 1.165) is 5.75 Å². The van der Waals surface area contributed by atoms with E-state index < -0.39 is 12.8 Å². The van der Waals surface area contributed by atoms with Gasteiger partial charge in [0.1, 0.15) is 0 Å². The molecular formula is C8H19O4PS. The van der Waals surface area contributed by atoms with Gasteiger partial charge in [0, 0.05) is 7.11 Å². The summed E-state index contributed by atoms with van der Waals surface area (Å²) in [6.45, 7) is 6.27. The summed E-state index contributed by atoms with van der Waals surface area (Å²) >= 11 is 1.43. The summed E-state index contributed by atoms with van der Waals surface area (Å²) in [5, 5.41) is -0.521. The minimum atomic E-state index is -3.11. The van der Waals surface area contributed by atoms with Gasteiger partial charge in [0.25, 0.3) is 0 Å². The first kappa shape index (κ1) is 14.5. The van der Waals surface area contributed by atoms with Crippen LogP contribution in [-0.4, -0.2) is 31.3 Å². The monoisotopic (exact) mass is 242 g/mol. The first-order chi connectivity index (χ1) is 6.64. The van der Waals surface area contributed by atoms with Crippen molar-refractivity contribution in [2.75, 3.05) is 26.1 Å². The van der Waals surface area contributed by atoms with E-state index in [0.29, 0.717) is 13.2 Å². The Bertz CT molecular complexity index is 178. The lowest BCUT2D eigenvalue weighted by molar-refractivity contribution is 0.152. The molecule has 6 heteroatoms. The highest BCUT2D eigenvalue weighted by atomic mass is 32.2. The van der Waals surface area contributed by atoms with Gasteiger partial charge in [-0.1, -0.05) is 6.92 Å². The van der Waals surface area contributed by atoms with E-state index in [9.17, 15) is 4.57 Å². The number of thioether (sulfide) groups is 1. The molecule has 0 aliphatic heterocycles. The molecule has 0 rings (SSSR count). The lowest BCUT2D eigenvalue weighted by Crippen LogP contribution is -2.12. The zero-order valence-electron chi connectivity index (χ0n) is 9.19. The van der Waals surface area contributed by atoms with Crippen LogP contribution in [0.25, 0.3) is 0 Å². The summed E-state index contributed by atoms with van der Waals surface area (Å²) in [6, 6.07) is 0. The van der Waals surface area contributed by atoms with Crippen molar-refractivity contribution < 1.29 is 18.3 Å². The Morgan fingerprint density at radius 3 is 2.00 bits per heavy atom. The first-order valence-corrected chi connectivity index (χ1v) is 7.33. The number of hydrogen-bond donors (Lipinski definition) is 0. The summed E-state index contributed by atoms with van der Waals surface area (Å²) in [6.07, 6.45) is 0. The van der Waals surface area contributed by atoms with Crippen LogP contribution in [0.3, 0.4) is 0 Å². The molecule has 0 N–H and O–H groups in total. The Kier molecular flexibility index (Phi) is 7.97. The Labute approximate surface area is 90.2 Å². The second kappa shape index (κ2) is 7.71. The van der Waals surface area contributed by atoms with E-state index in [4.69, 9.17) is 13.8 Å². The Morgan fingerprint density at radius 2 is 1.71 bits per heavy atom. The Morgan fingerprint density at radius 1 is 1.21 bits per heavy atom. The standard InChI is InChI=1S/C8H19O4PS/c1-5-11-13(9,12-6-2)8(10-4)14-7-3/h8H,5-7H2,1-4H3. The van der Waals surface area contributed by atoms with Crippen LogP contribution < -0.4 is 0 Å². The fourth-order valence-corrected chi connectivity index (χ4v) is 4.21. The van der Waals surface area contributed by atoms with Gasteiger partial charge in [-0.05, 0) is 19.6 Å². The van der Waals surface area contributed by atoms with Gasteiger partial charge in [-0.2, -0.15) is 0 Å². The summed E-state index contributed by atoms with van der Waals surface area (Å²) in [4.78, 5) is 0. The average Bonchev–Trinajstić information content (AvgIpc) is 2.14. The number of methoxy groups -OCH3 is 1. The number of hydrogen-bond acceptors (Lipinski definition) is 5. The van der Waals surface area contributed by atoms with Crippen LogP contribution in [0.2, 0.25) is 0 Å². The molecule has 0 spiro atoms. The third-order valence-electron chi connectivity index (χ3n) is 1.39. The molecule has 0 saturated heterocycles. The van der Waals surface area contributed by atoms with Gasteiger partial charge < -0.3 is 13.8 Å². The molecule has 0 fully saturated rings. The van der Waals surface area contributed by atoms with E-state index in [1.54, 1.807) is 13.8 Å². The molecule has 0 aliphatic rings. The van der Waals surface area contributed by atoms with Crippen molar-refractivity contribution >= 4 is 19.4 Å². The highest BCUT2D eigenvalue weighted by molar-refractivity contribution is 8.05. The van der Waals surface area contributed by atoms with Crippen LogP contribution in [0.15, 0.2) is 0 Å². The van der Waals surface area contributed by atoms with Gasteiger partial charge >= 0.3 is 7.60 Å². The normalized spacial score (nSPS) is 14.3. The summed E-state index contributed by atoms with van der Waals surface area (Å²) in [5.74, 6) is 0.808. The molecule has 0 bridgehead atoms. The predicted molar refractivity (Wildman–Crippen MR) is 59.8 cm³/mol. The molecule has 0 heterocycles. The smallest absolute Gasteiger partial charge is 0.359 e. The second-order valence-corrected chi connectivity index (χ2v) is 6.13. The summed E-state index contributed by atoms with van der Waals surface area (Å²) in [5.41, 5.74) is 0. The largest absolute Gasteiger partial charge is 0.369 e. The second-order valence-electron chi connectivity index (χ2n) is 2.37. The van der Waals surface area contributed by atoms with E-state index in [1.165, 1.54) is 18.9 Å². The van der Waals surface area contributed by atoms with Crippen LogP contribution in [-0.2, 0) is 18.3 Å². The zero-order chi connectivity index (χ0) is 11.0. The minimum Gasteiger partial charge on any atom is -0.359 e. The summed E-state index contributed by atoms with van der Waals surface area (Å²) in [7, 11) is -1.59. The third-order valence-corrected chi connectivity index (χ3v) is 5.38. The van der Waals surface area contributed by atoms with Crippen molar-refractivity contribution in [2.24, 2.45) is 0 Å². The average molecular weight is 242 g/mol. The number of rotatable bonds is 8. The lowest BCUT2D eigenvalue weighted by Gasteiger charge is -2.23. The van der Waals surface area contributed by atoms with Crippen molar-refractivity contribution in [1.82, 2.24) is 0 Å². The zero-order valence-corrected chi connectivity index (χ0v) is 10.9. The van der Waals surface area contributed by atoms with E-state index in [-0.39, 0.29) is 0 Å². The molecule has 1 atom stereocenters. The van der Waals surface area contributed by atoms with Crippen LogP contribution in [0, 0.1) is 0 Å². The van der Waals surface area contributed by atoms with Gasteiger partial charge in [0.15, 0.2) is 0 Å². The van der Waals surface area contributed by atoms with Crippen molar-refractivity contribution in [2.45, 2.75) is 25.9 Å². The van der Waals surface area contributed by atoms with Crippen LogP contribution in [0.5, 0.6) is 0 Å². The van der Waals surface area contributed by atoms with Gasteiger partial charge in [-0.15, -0.1) is 11.8 Å². The molecule has 14 heavy (non-hydrogen) atoms. The van der Waals surface area contributed by atoms with Gasteiger partial charge in [0.05, 0.1) is 13.2 Å². The van der Waals surface area contributed by atoms with E-state index in [2.05, 4.69) is 0 Å². The molecule has 0 aliphatic carbocycles. The molecule has 0 amide bonds. The van der Waals surface area contributed by atoms with Gasteiger partial charge in [-0.3, -0.25) is 4.57 Å². The Hall–Kier alpha value is 0.460. The predicted octanol–water partition coefficient (Wildman–Crippen LogP) is 2.94. The highest BCUT2D eigenvalue weighted by Crippen LogP contribution is 2.57. The molecule has 0 saturated carbocycles. The lowest BCUT2D eigenvalue weighted by atomic mass is 10.9. The van der Waals surface area contributed by atoms with E-state index in [1.807, 2.05) is 6.92 Å². The van der Waals surface area contributed by atoms with Crippen LogP contribution in [0.1, 0.15) is 20.8 Å². The van der Waals surface area contributed by atoms with Crippen LogP contribution in [0.4, 0.5) is 0 Å². The molecule has 4 nitrogen and oxygen atoms in total. The maximum absolute atomic E-state index is 12.1. The van der Waals surface area contributed by atoms with E-state index >= 15 is 0 Å². The molecule has 0 aromatic carbocycles. The molecule has 86 valence electrons. The summed E-state index contributed by atoms with van der Waals surface area (Å²) < 4.78 is 27.6. The molecule has 0 aromatic rings. The maximum atomic E-state index is 12.1.